The van der Waals surface area contributed by atoms with Crippen LogP contribution >= 0.6 is 11.5 Å². The summed E-state index contributed by atoms with van der Waals surface area (Å²) < 4.78 is 14.2. The number of aromatic nitrogens is 2. The lowest BCUT2D eigenvalue weighted by Crippen LogP contribution is -2.09. The normalized spacial score (nSPS) is 10.5. The Morgan fingerprint density at radius 1 is 1.53 bits per heavy atom. The van der Waals surface area contributed by atoms with Crippen LogP contribution in [0.3, 0.4) is 0 Å². The Balaban J connectivity index is 2.10. The van der Waals surface area contributed by atoms with Crippen molar-refractivity contribution < 1.29 is 14.1 Å². The monoisotopic (exact) mass is 281 g/mol. The first kappa shape index (κ1) is 13.5. The van der Waals surface area contributed by atoms with Crippen molar-refractivity contribution in [3.05, 3.63) is 28.8 Å². The molecule has 2 aromatic heterocycles. The lowest BCUT2D eigenvalue weighted by Gasteiger charge is -2.05. The molecule has 0 amide bonds. The lowest BCUT2D eigenvalue weighted by molar-refractivity contribution is 0.0527. The highest BCUT2D eigenvalue weighted by Crippen LogP contribution is 2.25. The van der Waals surface area contributed by atoms with E-state index >= 15 is 0 Å². The summed E-state index contributed by atoms with van der Waals surface area (Å²) in [6.07, 6.45) is 0. The van der Waals surface area contributed by atoms with Gasteiger partial charge in [0.1, 0.15) is 22.0 Å². The molecular formula is C12H15N3O3S. The Hall–Kier alpha value is -1.89. The number of hydrogen-bond acceptors (Lipinski definition) is 7. The number of hydrogen-bond donors (Lipinski definition) is 1. The average molecular weight is 281 g/mol. The highest BCUT2D eigenvalue weighted by atomic mass is 32.1. The number of nitrogens with zero attached hydrogens (tertiary/aromatic N) is 2. The van der Waals surface area contributed by atoms with Crippen LogP contribution in [0.5, 0.6) is 0 Å². The van der Waals surface area contributed by atoms with E-state index in [-0.39, 0.29) is 5.97 Å². The Labute approximate surface area is 114 Å². The molecule has 2 aromatic rings. The topological polar surface area (TPSA) is 77.2 Å². The zero-order valence-electron chi connectivity index (χ0n) is 11.0. The molecule has 0 spiro atoms. The quantitative estimate of drug-likeness (QED) is 0.849. The molecule has 0 unspecified atom stereocenters. The van der Waals surface area contributed by atoms with Crippen LogP contribution in [-0.4, -0.2) is 22.1 Å². The number of ether oxygens (including phenoxy) is 1. The SMILES string of the molecule is CCOC(=O)c1c(C)nsc1NCc1cc(C)on1. The second-order valence-corrected chi connectivity index (χ2v) is 4.75. The minimum atomic E-state index is -0.354. The van der Waals surface area contributed by atoms with E-state index in [1.807, 2.05) is 13.0 Å². The van der Waals surface area contributed by atoms with E-state index in [9.17, 15) is 4.79 Å². The molecule has 0 saturated carbocycles. The number of rotatable bonds is 5. The summed E-state index contributed by atoms with van der Waals surface area (Å²) >= 11 is 1.24. The van der Waals surface area contributed by atoms with E-state index in [0.717, 1.165) is 11.5 Å². The van der Waals surface area contributed by atoms with Crippen molar-refractivity contribution >= 4 is 22.5 Å². The molecule has 7 heteroatoms. The highest BCUT2D eigenvalue weighted by Gasteiger charge is 2.19. The number of nitrogens with one attached hydrogen (secondary N) is 1. The van der Waals surface area contributed by atoms with Gasteiger partial charge in [0, 0.05) is 6.07 Å². The molecule has 0 aromatic carbocycles. The molecule has 2 rings (SSSR count). The van der Waals surface area contributed by atoms with Crippen LogP contribution in [0.25, 0.3) is 0 Å². The number of aryl methyl sites for hydroxylation is 2. The Morgan fingerprint density at radius 3 is 2.95 bits per heavy atom. The van der Waals surface area contributed by atoms with Crippen LogP contribution in [0.4, 0.5) is 5.00 Å². The van der Waals surface area contributed by atoms with Gasteiger partial charge in [-0.25, -0.2) is 4.79 Å². The van der Waals surface area contributed by atoms with E-state index in [4.69, 9.17) is 9.26 Å². The summed E-state index contributed by atoms with van der Waals surface area (Å²) in [5.41, 5.74) is 1.94. The van der Waals surface area contributed by atoms with E-state index in [1.165, 1.54) is 11.5 Å². The predicted octanol–water partition coefficient (Wildman–Crippen LogP) is 2.54. The maximum absolute atomic E-state index is 11.8. The standard InChI is InChI=1S/C12H15N3O3S/c1-4-17-12(16)10-8(3)15-19-11(10)13-6-9-5-7(2)18-14-9/h5,13H,4,6H2,1-3H3. The second kappa shape index (κ2) is 5.83. The Morgan fingerprint density at radius 2 is 2.32 bits per heavy atom. The smallest absolute Gasteiger partial charge is 0.343 e. The largest absolute Gasteiger partial charge is 0.462 e. The van der Waals surface area contributed by atoms with Gasteiger partial charge < -0.3 is 14.6 Å². The van der Waals surface area contributed by atoms with Gasteiger partial charge >= 0.3 is 5.97 Å². The van der Waals surface area contributed by atoms with Gasteiger partial charge in [0.25, 0.3) is 0 Å². The van der Waals surface area contributed by atoms with Crippen LogP contribution in [0.1, 0.15) is 34.4 Å². The third kappa shape index (κ3) is 3.11. The van der Waals surface area contributed by atoms with Crippen molar-refractivity contribution in [1.82, 2.24) is 9.53 Å². The van der Waals surface area contributed by atoms with E-state index in [0.29, 0.717) is 29.4 Å². The van der Waals surface area contributed by atoms with Gasteiger partial charge in [-0.3, -0.25) is 0 Å². The lowest BCUT2D eigenvalue weighted by atomic mass is 10.2. The fraction of sp³-hybridized carbons (Fsp3) is 0.417. The molecule has 0 aliphatic rings. The zero-order chi connectivity index (χ0) is 13.8. The van der Waals surface area contributed by atoms with Crippen molar-refractivity contribution in [2.75, 3.05) is 11.9 Å². The summed E-state index contributed by atoms with van der Waals surface area (Å²) in [6, 6.07) is 1.84. The van der Waals surface area contributed by atoms with Crippen LogP contribution in [0, 0.1) is 13.8 Å². The molecule has 19 heavy (non-hydrogen) atoms. The summed E-state index contributed by atoms with van der Waals surface area (Å²) in [5, 5.41) is 7.71. The van der Waals surface area contributed by atoms with Crippen molar-refractivity contribution in [3.8, 4) is 0 Å². The summed E-state index contributed by atoms with van der Waals surface area (Å²) in [5.74, 6) is 0.399. The average Bonchev–Trinajstić information content (AvgIpc) is 2.93. The van der Waals surface area contributed by atoms with Gasteiger partial charge in [-0.15, -0.1) is 0 Å². The summed E-state index contributed by atoms with van der Waals surface area (Å²) in [6.45, 7) is 6.21. The van der Waals surface area contributed by atoms with Gasteiger partial charge in [-0.05, 0) is 32.3 Å². The fourth-order valence-corrected chi connectivity index (χ4v) is 2.38. The van der Waals surface area contributed by atoms with Crippen molar-refractivity contribution in [2.24, 2.45) is 0 Å². The maximum Gasteiger partial charge on any atom is 0.343 e. The molecule has 1 N–H and O–H groups in total. The molecule has 0 saturated heterocycles. The Kier molecular flexibility index (Phi) is 4.16. The van der Waals surface area contributed by atoms with E-state index in [2.05, 4.69) is 14.8 Å². The first-order valence-corrected chi connectivity index (χ1v) is 6.68. The number of carbonyl (C=O) groups is 1. The molecule has 6 nitrogen and oxygen atoms in total. The van der Waals surface area contributed by atoms with E-state index in [1.54, 1.807) is 13.8 Å². The minimum Gasteiger partial charge on any atom is -0.462 e. The van der Waals surface area contributed by atoms with Crippen LogP contribution in [0.15, 0.2) is 10.6 Å². The van der Waals surface area contributed by atoms with Crippen molar-refractivity contribution in [1.29, 1.82) is 0 Å². The molecular weight excluding hydrogens is 266 g/mol. The van der Waals surface area contributed by atoms with E-state index < -0.39 is 0 Å². The second-order valence-electron chi connectivity index (χ2n) is 3.98. The fourth-order valence-electron chi connectivity index (χ4n) is 1.61. The first-order chi connectivity index (χ1) is 9.11. The highest BCUT2D eigenvalue weighted by molar-refractivity contribution is 7.10. The molecule has 0 radical (unpaired) electrons. The molecule has 2 heterocycles. The molecule has 0 fully saturated rings. The number of anilines is 1. The number of carbonyl (C=O) groups excluding carboxylic acids is 1. The molecule has 0 aliphatic heterocycles. The summed E-state index contributed by atoms with van der Waals surface area (Å²) in [4.78, 5) is 11.8. The zero-order valence-corrected chi connectivity index (χ0v) is 11.8. The van der Waals surface area contributed by atoms with Crippen LogP contribution in [0.2, 0.25) is 0 Å². The van der Waals surface area contributed by atoms with Crippen molar-refractivity contribution in [3.63, 3.8) is 0 Å². The molecule has 102 valence electrons. The third-order valence-electron chi connectivity index (χ3n) is 2.45. The van der Waals surface area contributed by atoms with Gasteiger partial charge in [-0.2, -0.15) is 4.37 Å². The van der Waals surface area contributed by atoms with Gasteiger partial charge in [0.05, 0.1) is 18.8 Å². The van der Waals surface area contributed by atoms with Crippen LogP contribution < -0.4 is 5.32 Å². The predicted molar refractivity (Wildman–Crippen MR) is 71.4 cm³/mol. The van der Waals surface area contributed by atoms with Crippen LogP contribution in [-0.2, 0) is 11.3 Å². The first-order valence-electron chi connectivity index (χ1n) is 5.91. The number of esters is 1. The molecule has 0 bridgehead atoms. The molecule has 0 atom stereocenters. The minimum absolute atomic E-state index is 0.343. The van der Waals surface area contributed by atoms with Gasteiger partial charge in [0.2, 0.25) is 0 Å². The third-order valence-corrected chi connectivity index (χ3v) is 3.35. The van der Waals surface area contributed by atoms with Crippen molar-refractivity contribution in [2.45, 2.75) is 27.3 Å². The van der Waals surface area contributed by atoms with Gasteiger partial charge in [-0.1, -0.05) is 5.16 Å². The Bertz CT molecular complexity index is 577. The van der Waals surface area contributed by atoms with Gasteiger partial charge in [0.15, 0.2) is 0 Å². The summed E-state index contributed by atoms with van der Waals surface area (Å²) in [7, 11) is 0. The maximum atomic E-state index is 11.8. The molecule has 0 aliphatic carbocycles.